The molecule has 138 valence electrons. The highest BCUT2D eigenvalue weighted by atomic mass is 35.5. The van der Waals surface area contributed by atoms with E-state index in [4.69, 9.17) is 34.4 Å². The Hall–Kier alpha value is -2.41. The number of carbonyl (C=O) groups excluding carboxylic acids is 1. The highest BCUT2D eigenvalue weighted by Gasteiger charge is 2.32. The molecule has 1 amide bonds. The summed E-state index contributed by atoms with van der Waals surface area (Å²) in [7, 11) is 0. The number of hydrogen-bond acceptors (Lipinski definition) is 2. The monoisotopic (exact) mass is 399 g/mol. The Balaban J connectivity index is 2.02. The van der Waals surface area contributed by atoms with E-state index in [9.17, 15) is 4.79 Å². The molecule has 0 bridgehead atoms. The van der Waals surface area contributed by atoms with Gasteiger partial charge in [-0.25, -0.2) is 0 Å². The van der Waals surface area contributed by atoms with Crippen LogP contribution in [0, 0.1) is 18.3 Å². The van der Waals surface area contributed by atoms with Gasteiger partial charge in [-0.2, -0.15) is 0 Å². The third-order valence-electron chi connectivity index (χ3n) is 4.14. The van der Waals surface area contributed by atoms with E-state index in [-0.39, 0.29) is 12.5 Å². The summed E-state index contributed by atoms with van der Waals surface area (Å²) in [6.07, 6.45) is 7.02. The molecule has 2 aromatic carbocycles. The second kappa shape index (κ2) is 8.08. The van der Waals surface area contributed by atoms with Gasteiger partial charge in [0.1, 0.15) is 6.61 Å². The summed E-state index contributed by atoms with van der Waals surface area (Å²) in [6.45, 7) is 4.92. The normalized spacial score (nSPS) is 14.6. The summed E-state index contributed by atoms with van der Waals surface area (Å²) in [5, 5.41) is 0.699. The van der Waals surface area contributed by atoms with Gasteiger partial charge in [0.25, 0.3) is 5.91 Å². The van der Waals surface area contributed by atoms with Crippen LogP contribution in [0.3, 0.4) is 0 Å². The van der Waals surface area contributed by atoms with Crippen LogP contribution < -0.4 is 9.64 Å². The molecule has 1 heterocycles. The second-order valence-corrected chi connectivity index (χ2v) is 7.51. The molecule has 0 fully saturated rings. The number of benzene rings is 2. The fraction of sp³-hybridized carbons (Fsp3) is 0.227. The standard InChI is InChI=1S/C22H19Cl2NO2/c1-4-9-27-21-18(23)11-15(12-19(21)24)10-17-16-7-5-6-8-20(16)25(22(17)26)13-14(2)3/h1,5-8,10-12,14H,9,13H2,2-3H3/b17-10-. The van der Waals surface area contributed by atoms with Crippen molar-refractivity contribution in [3.63, 3.8) is 0 Å². The van der Waals surface area contributed by atoms with Gasteiger partial charge in [-0.1, -0.05) is 61.2 Å². The Morgan fingerprint density at radius 3 is 2.52 bits per heavy atom. The molecule has 0 spiro atoms. The number of para-hydroxylation sites is 1. The Morgan fingerprint density at radius 1 is 1.22 bits per heavy atom. The number of terminal acetylenes is 1. The van der Waals surface area contributed by atoms with Crippen molar-refractivity contribution in [3.8, 4) is 18.1 Å². The number of rotatable bonds is 5. The number of anilines is 1. The smallest absolute Gasteiger partial charge is 0.259 e. The minimum absolute atomic E-state index is 0.0233. The van der Waals surface area contributed by atoms with Gasteiger partial charge in [0, 0.05) is 17.7 Å². The summed E-state index contributed by atoms with van der Waals surface area (Å²) in [5.41, 5.74) is 3.18. The Labute approximate surface area is 169 Å². The quantitative estimate of drug-likeness (QED) is 0.487. The maximum absolute atomic E-state index is 13.0. The number of carbonyl (C=O) groups is 1. The Kier molecular flexibility index (Phi) is 5.79. The van der Waals surface area contributed by atoms with Gasteiger partial charge >= 0.3 is 0 Å². The largest absolute Gasteiger partial charge is 0.478 e. The van der Waals surface area contributed by atoms with E-state index < -0.39 is 0 Å². The molecule has 1 aliphatic heterocycles. The number of hydrogen-bond donors (Lipinski definition) is 0. The number of nitrogens with zero attached hydrogens (tertiary/aromatic N) is 1. The van der Waals surface area contributed by atoms with Gasteiger partial charge in [-0.3, -0.25) is 4.79 Å². The first-order valence-electron chi connectivity index (χ1n) is 8.60. The van der Waals surface area contributed by atoms with E-state index in [2.05, 4.69) is 19.8 Å². The van der Waals surface area contributed by atoms with Gasteiger partial charge < -0.3 is 9.64 Å². The van der Waals surface area contributed by atoms with Crippen LogP contribution in [0.25, 0.3) is 11.6 Å². The fourth-order valence-corrected chi connectivity index (χ4v) is 3.69. The van der Waals surface area contributed by atoms with Crippen LogP contribution >= 0.6 is 23.2 Å². The lowest BCUT2D eigenvalue weighted by Crippen LogP contribution is -2.30. The molecule has 0 aliphatic carbocycles. The lowest BCUT2D eigenvalue weighted by Gasteiger charge is -2.19. The van der Waals surface area contributed by atoms with Crippen LogP contribution in [0.4, 0.5) is 5.69 Å². The Morgan fingerprint density at radius 2 is 1.89 bits per heavy atom. The first-order chi connectivity index (χ1) is 12.9. The van der Waals surface area contributed by atoms with Crippen LogP contribution in [-0.4, -0.2) is 19.1 Å². The van der Waals surface area contributed by atoms with Crippen molar-refractivity contribution in [2.45, 2.75) is 13.8 Å². The SMILES string of the molecule is C#CCOc1c(Cl)cc(/C=C2\C(=O)N(CC(C)C)c3ccccc32)cc1Cl. The van der Waals surface area contributed by atoms with Gasteiger partial charge in [-0.05, 0) is 35.8 Å². The molecule has 0 saturated carbocycles. The van der Waals surface area contributed by atoms with Crippen molar-refractivity contribution >= 4 is 46.4 Å². The minimum Gasteiger partial charge on any atom is -0.478 e. The van der Waals surface area contributed by atoms with Crippen molar-refractivity contribution in [2.75, 3.05) is 18.1 Å². The van der Waals surface area contributed by atoms with Crippen molar-refractivity contribution in [3.05, 3.63) is 57.6 Å². The molecule has 0 atom stereocenters. The highest BCUT2D eigenvalue weighted by molar-refractivity contribution is 6.38. The molecular formula is C22H19Cl2NO2. The van der Waals surface area contributed by atoms with Gasteiger partial charge in [0.15, 0.2) is 5.75 Å². The van der Waals surface area contributed by atoms with E-state index >= 15 is 0 Å². The number of amides is 1. The molecule has 0 N–H and O–H groups in total. The maximum atomic E-state index is 13.0. The first-order valence-corrected chi connectivity index (χ1v) is 9.36. The van der Waals surface area contributed by atoms with Gasteiger partial charge in [0.05, 0.1) is 15.7 Å². The molecular weight excluding hydrogens is 381 g/mol. The van der Waals surface area contributed by atoms with E-state index in [1.54, 1.807) is 12.1 Å². The molecule has 27 heavy (non-hydrogen) atoms. The number of fused-ring (bicyclic) bond motifs is 1. The zero-order valence-electron chi connectivity index (χ0n) is 15.1. The zero-order valence-corrected chi connectivity index (χ0v) is 16.6. The van der Waals surface area contributed by atoms with Crippen molar-refractivity contribution in [1.82, 2.24) is 0 Å². The van der Waals surface area contributed by atoms with E-state index in [0.717, 1.165) is 16.8 Å². The molecule has 3 nitrogen and oxygen atoms in total. The summed E-state index contributed by atoms with van der Waals surface area (Å²) in [4.78, 5) is 14.8. The van der Waals surface area contributed by atoms with Crippen molar-refractivity contribution in [1.29, 1.82) is 0 Å². The molecule has 5 heteroatoms. The van der Waals surface area contributed by atoms with Gasteiger partial charge in [0.2, 0.25) is 0 Å². The topological polar surface area (TPSA) is 29.5 Å². The minimum atomic E-state index is -0.0233. The zero-order chi connectivity index (χ0) is 19.6. The number of ether oxygens (including phenoxy) is 1. The van der Waals surface area contributed by atoms with E-state index in [1.165, 1.54) is 0 Å². The van der Waals surface area contributed by atoms with Crippen LogP contribution in [0.1, 0.15) is 25.0 Å². The van der Waals surface area contributed by atoms with Gasteiger partial charge in [-0.15, -0.1) is 6.42 Å². The van der Waals surface area contributed by atoms with E-state index in [1.807, 2.05) is 35.2 Å². The summed E-state index contributed by atoms with van der Waals surface area (Å²) in [5.74, 6) is 3.06. The Bertz CT molecular complexity index is 934. The van der Waals surface area contributed by atoms with E-state index in [0.29, 0.717) is 33.8 Å². The predicted octanol–water partition coefficient (Wildman–Crippen LogP) is 5.55. The second-order valence-electron chi connectivity index (χ2n) is 6.69. The molecule has 2 aromatic rings. The summed E-state index contributed by atoms with van der Waals surface area (Å²) >= 11 is 12.6. The predicted molar refractivity (Wildman–Crippen MR) is 112 cm³/mol. The first kappa shape index (κ1) is 19.4. The van der Waals surface area contributed by atoms with Crippen LogP contribution in [0.5, 0.6) is 5.75 Å². The van der Waals surface area contributed by atoms with Crippen LogP contribution in [-0.2, 0) is 4.79 Å². The third kappa shape index (κ3) is 3.98. The van der Waals surface area contributed by atoms with Crippen molar-refractivity contribution < 1.29 is 9.53 Å². The molecule has 0 saturated heterocycles. The molecule has 1 aliphatic rings. The number of halogens is 2. The third-order valence-corrected chi connectivity index (χ3v) is 4.70. The lowest BCUT2D eigenvalue weighted by molar-refractivity contribution is -0.113. The maximum Gasteiger partial charge on any atom is 0.259 e. The fourth-order valence-electron chi connectivity index (χ4n) is 3.07. The summed E-state index contributed by atoms with van der Waals surface area (Å²) in [6, 6.07) is 11.2. The molecule has 0 unspecified atom stereocenters. The average molecular weight is 400 g/mol. The van der Waals surface area contributed by atoms with Crippen LogP contribution in [0.2, 0.25) is 10.0 Å². The van der Waals surface area contributed by atoms with Crippen molar-refractivity contribution in [2.24, 2.45) is 5.92 Å². The highest BCUT2D eigenvalue weighted by Crippen LogP contribution is 2.40. The molecule has 0 radical (unpaired) electrons. The lowest BCUT2D eigenvalue weighted by atomic mass is 10.0. The van der Waals surface area contributed by atoms with Crippen LogP contribution in [0.15, 0.2) is 36.4 Å². The molecule has 3 rings (SSSR count). The average Bonchev–Trinajstić information content (AvgIpc) is 2.87. The molecule has 0 aromatic heterocycles. The summed E-state index contributed by atoms with van der Waals surface area (Å²) < 4.78 is 5.38.